The Labute approximate surface area is 124 Å². The van der Waals surface area contributed by atoms with Crippen molar-refractivity contribution in [1.82, 2.24) is 9.88 Å². The fourth-order valence-corrected chi connectivity index (χ4v) is 3.66. The lowest BCUT2D eigenvalue weighted by molar-refractivity contribution is -0.0969. The normalized spacial score (nSPS) is 29.9. The summed E-state index contributed by atoms with van der Waals surface area (Å²) in [7, 11) is 0. The number of carbonyl (C=O) groups is 1. The van der Waals surface area contributed by atoms with Crippen molar-refractivity contribution < 1.29 is 15.0 Å². The molecular formula is C16H22N2O3. The summed E-state index contributed by atoms with van der Waals surface area (Å²) in [6.07, 6.45) is 6.66. The van der Waals surface area contributed by atoms with Gasteiger partial charge in [0.1, 0.15) is 0 Å². The van der Waals surface area contributed by atoms with Crippen LogP contribution < -0.4 is 0 Å². The number of pyridine rings is 1. The average molecular weight is 290 g/mol. The summed E-state index contributed by atoms with van der Waals surface area (Å²) in [6, 6.07) is 3.39. The number of hydrogen-bond donors (Lipinski definition) is 2. The van der Waals surface area contributed by atoms with Gasteiger partial charge in [0.25, 0.3) is 0 Å². The molecule has 2 atom stereocenters. The van der Waals surface area contributed by atoms with E-state index in [0.29, 0.717) is 5.92 Å². The van der Waals surface area contributed by atoms with Crippen molar-refractivity contribution in [2.24, 2.45) is 5.92 Å². The van der Waals surface area contributed by atoms with E-state index < -0.39 is 11.6 Å². The van der Waals surface area contributed by atoms with Gasteiger partial charge in [-0.05, 0) is 31.4 Å². The first-order chi connectivity index (χ1) is 10.1. The highest BCUT2D eigenvalue weighted by Gasteiger charge is 2.42. The van der Waals surface area contributed by atoms with Crippen LogP contribution in [0.15, 0.2) is 18.3 Å². The number of hydrogen-bond acceptors (Lipinski definition) is 4. The molecular weight excluding hydrogens is 268 g/mol. The highest BCUT2D eigenvalue weighted by Crippen LogP contribution is 2.39. The molecule has 1 saturated carbocycles. The van der Waals surface area contributed by atoms with Crippen LogP contribution in [0, 0.1) is 5.92 Å². The van der Waals surface area contributed by atoms with Crippen LogP contribution in [0.25, 0.3) is 0 Å². The highest BCUT2D eigenvalue weighted by molar-refractivity contribution is 5.87. The zero-order valence-corrected chi connectivity index (χ0v) is 12.2. The first-order valence-corrected chi connectivity index (χ1v) is 7.70. The van der Waals surface area contributed by atoms with Gasteiger partial charge in [0.05, 0.1) is 16.9 Å². The molecule has 0 aromatic carbocycles. The van der Waals surface area contributed by atoms with Gasteiger partial charge in [-0.1, -0.05) is 12.8 Å². The molecule has 2 heterocycles. The molecule has 3 rings (SSSR count). The molecule has 0 radical (unpaired) electrons. The van der Waals surface area contributed by atoms with E-state index in [1.807, 2.05) is 0 Å². The van der Waals surface area contributed by atoms with Crippen molar-refractivity contribution in [2.75, 3.05) is 13.1 Å². The van der Waals surface area contributed by atoms with Crippen molar-refractivity contribution >= 4 is 5.97 Å². The van der Waals surface area contributed by atoms with Gasteiger partial charge >= 0.3 is 5.97 Å². The van der Waals surface area contributed by atoms with Crippen LogP contribution in [0.5, 0.6) is 0 Å². The molecule has 1 aromatic rings. The van der Waals surface area contributed by atoms with E-state index in [0.717, 1.165) is 51.0 Å². The second-order valence-corrected chi connectivity index (χ2v) is 6.37. The third-order valence-electron chi connectivity index (χ3n) is 4.97. The monoisotopic (exact) mass is 290 g/mol. The van der Waals surface area contributed by atoms with Crippen molar-refractivity contribution in [1.29, 1.82) is 0 Å². The maximum Gasteiger partial charge on any atom is 0.337 e. The Morgan fingerprint density at radius 2 is 2.24 bits per heavy atom. The van der Waals surface area contributed by atoms with Crippen molar-refractivity contribution in [3.63, 3.8) is 0 Å². The molecule has 2 fully saturated rings. The third-order valence-corrected chi connectivity index (χ3v) is 4.97. The molecule has 5 heteroatoms. The summed E-state index contributed by atoms with van der Waals surface area (Å²) in [6.45, 7) is 2.53. The molecule has 5 nitrogen and oxygen atoms in total. The van der Waals surface area contributed by atoms with E-state index in [2.05, 4.69) is 9.88 Å². The smallest absolute Gasteiger partial charge is 0.337 e. The molecule has 0 bridgehead atoms. The van der Waals surface area contributed by atoms with E-state index >= 15 is 0 Å². The maximum absolute atomic E-state index is 10.8. The third kappa shape index (κ3) is 3.09. The van der Waals surface area contributed by atoms with Gasteiger partial charge in [-0.3, -0.25) is 9.88 Å². The van der Waals surface area contributed by atoms with E-state index in [4.69, 9.17) is 5.11 Å². The van der Waals surface area contributed by atoms with Gasteiger partial charge in [0.2, 0.25) is 0 Å². The predicted octanol–water partition coefficient (Wildman–Crippen LogP) is 1.91. The van der Waals surface area contributed by atoms with E-state index in [1.165, 1.54) is 12.6 Å². The Kier molecular flexibility index (Phi) is 3.95. The Bertz CT molecular complexity index is 517. The minimum Gasteiger partial charge on any atom is -0.478 e. The number of carboxylic acid groups (broad SMARTS) is 1. The second-order valence-electron chi connectivity index (χ2n) is 6.37. The fourth-order valence-electron chi connectivity index (χ4n) is 3.66. The minimum absolute atomic E-state index is 0.221. The number of carboxylic acids is 1. The number of rotatable bonds is 3. The quantitative estimate of drug-likeness (QED) is 0.889. The van der Waals surface area contributed by atoms with Crippen LogP contribution in [0.3, 0.4) is 0 Å². The Morgan fingerprint density at radius 3 is 2.95 bits per heavy atom. The molecule has 114 valence electrons. The molecule has 2 N–H and O–H groups in total. The number of aliphatic hydroxyl groups is 1. The first-order valence-electron chi connectivity index (χ1n) is 7.70. The maximum atomic E-state index is 10.8. The lowest BCUT2D eigenvalue weighted by Gasteiger charge is -2.47. The fraction of sp³-hybridized carbons (Fsp3) is 0.625. The zero-order chi connectivity index (χ0) is 14.9. The Balaban J connectivity index is 1.62. The molecule has 0 spiro atoms. The van der Waals surface area contributed by atoms with Gasteiger partial charge in [0, 0.05) is 31.7 Å². The summed E-state index contributed by atoms with van der Waals surface area (Å²) < 4.78 is 0. The van der Waals surface area contributed by atoms with E-state index in [9.17, 15) is 9.90 Å². The topological polar surface area (TPSA) is 73.7 Å². The zero-order valence-electron chi connectivity index (χ0n) is 12.2. The van der Waals surface area contributed by atoms with Gasteiger partial charge < -0.3 is 10.2 Å². The van der Waals surface area contributed by atoms with Crippen LogP contribution in [0.4, 0.5) is 0 Å². The average Bonchev–Trinajstić information content (AvgIpc) is 2.48. The summed E-state index contributed by atoms with van der Waals surface area (Å²) in [5.41, 5.74) is 0.662. The number of nitrogens with zero attached hydrogens (tertiary/aromatic N) is 2. The lowest BCUT2D eigenvalue weighted by atomic mass is 9.71. The van der Waals surface area contributed by atoms with Gasteiger partial charge in [-0.2, -0.15) is 0 Å². The molecule has 1 aliphatic heterocycles. The summed E-state index contributed by atoms with van der Waals surface area (Å²) >= 11 is 0. The second kappa shape index (κ2) is 5.73. The lowest BCUT2D eigenvalue weighted by Crippen LogP contribution is -2.53. The van der Waals surface area contributed by atoms with Crippen LogP contribution in [-0.2, 0) is 6.54 Å². The standard InChI is InChI=1S/C16H22N2O3/c19-15(20)12-4-5-14(17-9-12)11-18-8-7-16(21)6-2-1-3-13(16)10-18/h4-5,9,13,21H,1-3,6-8,10-11H2,(H,19,20). The summed E-state index contributed by atoms with van der Waals surface area (Å²) in [5.74, 6) is -0.572. The molecule has 21 heavy (non-hydrogen) atoms. The Hall–Kier alpha value is -1.46. The first kappa shape index (κ1) is 14.5. The summed E-state index contributed by atoms with van der Waals surface area (Å²) in [5, 5.41) is 19.5. The molecule has 1 saturated heterocycles. The summed E-state index contributed by atoms with van der Waals surface area (Å²) in [4.78, 5) is 17.4. The molecule has 1 aliphatic carbocycles. The van der Waals surface area contributed by atoms with Gasteiger partial charge in [-0.25, -0.2) is 4.79 Å². The minimum atomic E-state index is -0.945. The number of fused-ring (bicyclic) bond motifs is 1. The molecule has 1 aromatic heterocycles. The molecule has 2 unspecified atom stereocenters. The van der Waals surface area contributed by atoms with Crippen molar-refractivity contribution in [3.8, 4) is 0 Å². The van der Waals surface area contributed by atoms with E-state index in [-0.39, 0.29) is 5.56 Å². The highest BCUT2D eigenvalue weighted by atomic mass is 16.4. The molecule has 2 aliphatic rings. The van der Waals surface area contributed by atoms with E-state index in [1.54, 1.807) is 12.1 Å². The van der Waals surface area contributed by atoms with Crippen molar-refractivity contribution in [3.05, 3.63) is 29.6 Å². The van der Waals surface area contributed by atoms with Crippen molar-refractivity contribution in [2.45, 2.75) is 44.2 Å². The molecule has 0 amide bonds. The van der Waals surface area contributed by atoms with Crippen LogP contribution in [-0.4, -0.2) is 44.8 Å². The number of likely N-dealkylation sites (tertiary alicyclic amines) is 1. The number of aromatic nitrogens is 1. The Morgan fingerprint density at radius 1 is 1.38 bits per heavy atom. The van der Waals surface area contributed by atoms with Crippen LogP contribution >= 0.6 is 0 Å². The van der Waals surface area contributed by atoms with Gasteiger partial charge in [-0.15, -0.1) is 0 Å². The largest absolute Gasteiger partial charge is 0.478 e. The number of aromatic carboxylic acids is 1. The predicted molar refractivity (Wildman–Crippen MR) is 78.0 cm³/mol. The SMILES string of the molecule is O=C(O)c1ccc(CN2CCC3(O)CCCCC3C2)nc1. The van der Waals surface area contributed by atoms with Crippen LogP contribution in [0.1, 0.15) is 48.2 Å². The van der Waals surface area contributed by atoms with Gasteiger partial charge in [0.15, 0.2) is 0 Å². The van der Waals surface area contributed by atoms with Crippen LogP contribution in [0.2, 0.25) is 0 Å². The number of piperidine rings is 1.